The molecule has 0 fully saturated rings. The van der Waals surface area contributed by atoms with E-state index in [0.717, 1.165) is 6.42 Å². The van der Waals surface area contributed by atoms with Crippen molar-refractivity contribution in [3.05, 3.63) is 169 Å². The van der Waals surface area contributed by atoms with Gasteiger partial charge in [-0.05, 0) is 83.8 Å². The Bertz CT molecular complexity index is 3010. The van der Waals surface area contributed by atoms with Crippen LogP contribution in [0.1, 0.15) is 31.9 Å². The molecule has 0 spiro atoms. The molecule has 52 heavy (non-hydrogen) atoms. The second kappa shape index (κ2) is 12.8. The second-order valence-electron chi connectivity index (χ2n) is 13.3. The predicted molar refractivity (Wildman–Crippen MR) is 225 cm³/mol. The lowest BCUT2D eigenvalue weighted by Crippen LogP contribution is -1.95. The topological polar surface area (TPSA) is 25.6 Å². The number of nitrogens with one attached hydrogen (secondary N) is 1. The number of rotatable bonds is 3. The highest BCUT2D eigenvalue weighted by Gasteiger charge is 2.24. The van der Waals surface area contributed by atoms with E-state index >= 15 is 0 Å². The van der Waals surface area contributed by atoms with Crippen LogP contribution >= 0.6 is 0 Å². The van der Waals surface area contributed by atoms with Crippen LogP contribution in [-0.4, -0.2) is 14.1 Å². The zero-order chi connectivity index (χ0) is 35.3. The molecule has 11 rings (SSSR count). The third-order valence-corrected chi connectivity index (χ3v) is 10.6. The summed E-state index contributed by atoms with van der Waals surface area (Å²) in [4.78, 5) is 3.72. The van der Waals surface area contributed by atoms with Crippen LogP contribution in [0.25, 0.3) is 87.6 Å². The first-order valence-electron chi connectivity index (χ1n) is 18.5. The van der Waals surface area contributed by atoms with Crippen molar-refractivity contribution in [3.63, 3.8) is 0 Å². The van der Waals surface area contributed by atoms with E-state index in [4.69, 9.17) is 0 Å². The van der Waals surface area contributed by atoms with Gasteiger partial charge in [0.1, 0.15) is 0 Å². The largest absolute Gasteiger partial charge is 0.354 e. The molecule has 0 aliphatic heterocycles. The lowest BCUT2D eigenvalue weighted by Gasteiger charge is -2.10. The van der Waals surface area contributed by atoms with Crippen LogP contribution in [0.3, 0.4) is 0 Å². The molecule has 1 N–H and O–H groups in total. The van der Waals surface area contributed by atoms with Gasteiger partial charge in [0.2, 0.25) is 0 Å². The van der Waals surface area contributed by atoms with Gasteiger partial charge in [-0.3, -0.25) is 0 Å². The fraction of sp³-hybridized carbons (Fsp3) is 0.102. The SMILES string of the molecule is CC.CCc1ccccc1C.c1ccc(-n2c3ccccc3c3c4ccc5c6c(cc7c5c4c(cc32)n7-c2ccccc2)[nH]c2ccccc26)cc1. The zero-order valence-corrected chi connectivity index (χ0v) is 30.1. The summed E-state index contributed by atoms with van der Waals surface area (Å²) in [7, 11) is 0. The second-order valence-corrected chi connectivity index (χ2v) is 13.3. The standard InChI is InChI=1S/C38H23N3.C9H12.C2H6/c1-3-11-23(12-4-1)40-31-18-10-8-16-26(31)36-28-20-19-27-35-25-15-7-9-17-29(25)39-30(35)21-32-37(27)38(28)34(22-33(36)40)41(32)24-13-5-2-6-14-24;1-3-9-7-5-4-6-8(9)2;1-2/h1-22,39H;4-7H,3H2,1-2H3;1-2H3. The molecule has 3 heteroatoms. The van der Waals surface area contributed by atoms with Crippen molar-refractivity contribution < 1.29 is 0 Å². The zero-order valence-electron chi connectivity index (χ0n) is 30.1. The Morgan fingerprint density at radius 3 is 1.60 bits per heavy atom. The first kappa shape index (κ1) is 31.6. The first-order chi connectivity index (χ1) is 25.7. The molecule has 0 radical (unpaired) electrons. The number of para-hydroxylation sites is 4. The number of aromatic nitrogens is 3. The van der Waals surface area contributed by atoms with Crippen molar-refractivity contribution in [3.8, 4) is 11.4 Å². The van der Waals surface area contributed by atoms with E-state index < -0.39 is 0 Å². The first-order valence-corrected chi connectivity index (χ1v) is 18.5. The molecule has 252 valence electrons. The molecule has 0 amide bonds. The third kappa shape index (κ3) is 4.73. The van der Waals surface area contributed by atoms with E-state index in [1.165, 1.54) is 98.7 Å². The highest BCUT2D eigenvalue weighted by Crippen LogP contribution is 2.47. The summed E-state index contributed by atoms with van der Waals surface area (Å²) in [6, 6.07) is 57.0. The fourth-order valence-electron chi connectivity index (χ4n) is 8.40. The molecule has 11 aromatic rings. The van der Waals surface area contributed by atoms with Gasteiger partial charge in [-0.1, -0.05) is 130 Å². The Labute approximate surface area is 303 Å². The number of aromatic amines is 1. The van der Waals surface area contributed by atoms with Gasteiger partial charge in [0.15, 0.2) is 0 Å². The number of hydrogen-bond donors (Lipinski definition) is 1. The average Bonchev–Trinajstić information content (AvgIpc) is 3.86. The average molecular weight is 672 g/mol. The van der Waals surface area contributed by atoms with Crippen molar-refractivity contribution in [1.82, 2.24) is 14.1 Å². The van der Waals surface area contributed by atoms with Crippen LogP contribution in [0.5, 0.6) is 0 Å². The van der Waals surface area contributed by atoms with Gasteiger partial charge >= 0.3 is 0 Å². The molecule has 0 saturated carbocycles. The summed E-state index contributed by atoms with van der Waals surface area (Å²) in [6.07, 6.45) is 1.15. The maximum atomic E-state index is 3.72. The van der Waals surface area contributed by atoms with E-state index in [9.17, 15) is 0 Å². The summed E-state index contributed by atoms with van der Waals surface area (Å²) < 4.78 is 4.89. The summed E-state index contributed by atoms with van der Waals surface area (Å²) in [5, 5.41) is 10.4. The van der Waals surface area contributed by atoms with E-state index in [1.807, 2.05) is 13.8 Å². The van der Waals surface area contributed by atoms with Crippen LogP contribution < -0.4 is 0 Å². The fourth-order valence-corrected chi connectivity index (χ4v) is 8.40. The summed E-state index contributed by atoms with van der Waals surface area (Å²) >= 11 is 0. The van der Waals surface area contributed by atoms with Crippen LogP contribution in [0.4, 0.5) is 0 Å². The minimum Gasteiger partial charge on any atom is -0.354 e. The highest BCUT2D eigenvalue weighted by atomic mass is 15.0. The Balaban J connectivity index is 0.000000286. The Kier molecular flexibility index (Phi) is 7.78. The molecular formula is C49H41N3. The van der Waals surface area contributed by atoms with Gasteiger partial charge < -0.3 is 14.1 Å². The molecule has 0 unspecified atom stereocenters. The smallest absolute Gasteiger partial charge is 0.0568 e. The van der Waals surface area contributed by atoms with E-state index in [1.54, 1.807) is 0 Å². The molecular weight excluding hydrogens is 631 g/mol. The highest BCUT2D eigenvalue weighted by molar-refractivity contribution is 6.38. The Hall–Kier alpha value is -6.32. The maximum Gasteiger partial charge on any atom is 0.0568 e. The van der Waals surface area contributed by atoms with Gasteiger partial charge in [-0.2, -0.15) is 0 Å². The number of hydrogen-bond acceptors (Lipinski definition) is 0. The number of benzene rings is 8. The molecule has 0 aliphatic carbocycles. The van der Waals surface area contributed by atoms with Crippen LogP contribution in [0.2, 0.25) is 0 Å². The van der Waals surface area contributed by atoms with Crippen molar-refractivity contribution in [2.24, 2.45) is 0 Å². The summed E-state index contributed by atoms with van der Waals surface area (Å²) in [6.45, 7) is 8.33. The molecule has 0 aliphatic rings. The molecule has 0 atom stereocenters. The molecule has 0 bridgehead atoms. The van der Waals surface area contributed by atoms with Gasteiger partial charge in [0, 0.05) is 54.7 Å². The molecule has 3 aromatic heterocycles. The van der Waals surface area contributed by atoms with Crippen LogP contribution in [0.15, 0.2) is 158 Å². The number of aryl methyl sites for hydroxylation is 2. The lowest BCUT2D eigenvalue weighted by atomic mass is 9.96. The normalized spacial score (nSPS) is 11.5. The lowest BCUT2D eigenvalue weighted by molar-refractivity contribution is 1.11. The minimum atomic E-state index is 1.15. The monoisotopic (exact) mass is 671 g/mol. The van der Waals surface area contributed by atoms with Gasteiger partial charge in [0.25, 0.3) is 0 Å². The molecule has 3 heterocycles. The number of H-pyrrole nitrogens is 1. The van der Waals surface area contributed by atoms with E-state index in [2.05, 4.69) is 186 Å². The third-order valence-electron chi connectivity index (χ3n) is 10.6. The van der Waals surface area contributed by atoms with Crippen LogP contribution in [-0.2, 0) is 6.42 Å². The predicted octanol–water partition coefficient (Wildman–Crippen LogP) is 13.7. The van der Waals surface area contributed by atoms with Gasteiger partial charge in [0.05, 0.1) is 22.1 Å². The van der Waals surface area contributed by atoms with Gasteiger partial charge in [-0.15, -0.1) is 0 Å². The molecule has 0 saturated heterocycles. The van der Waals surface area contributed by atoms with E-state index in [-0.39, 0.29) is 0 Å². The van der Waals surface area contributed by atoms with Crippen molar-refractivity contribution in [2.75, 3.05) is 0 Å². The minimum absolute atomic E-state index is 1.15. The summed E-state index contributed by atoms with van der Waals surface area (Å²) in [5.74, 6) is 0. The van der Waals surface area contributed by atoms with Crippen molar-refractivity contribution in [2.45, 2.75) is 34.1 Å². The number of fused-ring (bicyclic) bond motifs is 8. The van der Waals surface area contributed by atoms with Crippen LogP contribution in [0, 0.1) is 6.92 Å². The van der Waals surface area contributed by atoms with E-state index in [0.29, 0.717) is 0 Å². The number of nitrogens with zero attached hydrogens (tertiary/aromatic N) is 2. The van der Waals surface area contributed by atoms with Gasteiger partial charge in [-0.25, -0.2) is 0 Å². The Morgan fingerprint density at radius 2 is 0.942 bits per heavy atom. The quantitative estimate of drug-likeness (QED) is 0.181. The van der Waals surface area contributed by atoms with Crippen molar-refractivity contribution >= 4 is 76.2 Å². The Morgan fingerprint density at radius 1 is 0.423 bits per heavy atom. The molecule has 3 nitrogen and oxygen atoms in total. The molecule has 8 aromatic carbocycles. The summed E-state index contributed by atoms with van der Waals surface area (Å²) in [5.41, 5.74) is 12.5. The maximum absolute atomic E-state index is 3.72. The van der Waals surface area contributed by atoms with Crippen molar-refractivity contribution in [1.29, 1.82) is 0 Å².